The van der Waals surface area contributed by atoms with Crippen molar-refractivity contribution in [2.24, 2.45) is 5.92 Å². The number of carbonyl (C=O) groups excluding carboxylic acids is 1. The minimum absolute atomic E-state index is 0.0291. The maximum Gasteiger partial charge on any atom is 0.308 e. The molecule has 27 heavy (non-hydrogen) atoms. The lowest BCUT2D eigenvalue weighted by Crippen LogP contribution is -2.31. The fourth-order valence-corrected chi connectivity index (χ4v) is 4.13. The van der Waals surface area contributed by atoms with Gasteiger partial charge in [0.15, 0.2) is 0 Å². The number of carboxylic acids is 1. The summed E-state index contributed by atoms with van der Waals surface area (Å²) in [6.45, 7) is 3.26. The summed E-state index contributed by atoms with van der Waals surface area (Å²) in [4.78, 5) is 26.9. The molecule has 2 aromatic rings. The van der Waals surface area contributed by atoms with E-state index in [4.69, 9.17) is 4.74 Å². The highest BCUT2D eigenvalue weighted by Crippen LogP contribution is 2.33. The van der Waals surface area contributed by atoms with Gasteiger partial charge in [-0.25, -0.2) is 0 Å². The average Bonchev–Trinajstić information content (AvgIpc) is 3.14. The molecule has 0 bridgehead atoms. The van der Waals surface area contributed by atoms with E-state index in [1.54, 1.807) is 4.90 Å². The second-order valence-corrected chi connectivity index (χ2v) is 7.50. The lowest BCUT2D eigenvalue weighted by molar-refractivity contribution is -0.141. The monoisotopic (exact) mass is 385 g/mol. The highest BCUT2D eigenvalue weighted by Gasteiger charge is 2.40. The summed E-state index contributed by atoms with van der Waals surface area (Å²) in [5.41, 5.74) is 0.972. The van der Waals surface area contributed by atoms with E-state index in [-0.39, 0.29) is 18.4 Å². The Morgan fingerprint density at radius 1 is 1.11 bits per heavy atom. The van der Waals surface area contributed by atoms with E-state index in [9.17, 15) is 14.7 Å². The molecule has 3 rings (SSSR count). The standard InChI is InChI=1S/C21H23NO4S/c1-2-26-16-8-10-17(11-9-16)27-14-20(23)22-12-18(19(13-22)21(24)25)15-6-4-3-5-7-15/h3-11,18-19H,2,12-14H2,1H3,(H,24,25). The number of carboxylic acid groups (broad SMARTS) is 1. The predicted molar refractivity (Wildman–Crippen MR) is 105 cm³/mol. The van der Waals surface area contributed by atoms with Gasteiger partial charge in [0.25, 0.3) is 0 Å². The molecular formula is C21H23NO4S. The highest BCUT2D eigenvalue weighted by molar-refractivity contribution is 8.00. The van der Waals surface area contributed by atoms with Crippen LogP contribution in [0.15, 0.2) is 59.5 Å². The number of nitrogens with zero attached hydrogens (tertiary/aromatic N) is 1. The van der Waals surface area contributed by atoms with Crippen LogP contribution >= 0.6 is 11.8 Å². The lowest BCUT2D eigenvalue weighted by Gasteiger charge is -2.16. The SMILES string of the molecule is CCOc1ccc(SCC(=O)N2CC(C(=O)O)C(c3ccccc3)C2)cc1. The normalized spacial score (nSPS) is 19.1. The third kappa shape index (κ3) is 4.83. The summed E-state index contributed by atoms with van der Waals surface area (Å²) in [6, 6.07) is 17.2. The van der Waals surface area contributed by atoms with Crippen molar-refractivity contribution in [1.29, 1.82) is 0 Å². The molecule has 1 fully saturated rings. The molecule has 142 valence electrons. The van der Waals surface area contributed by atoms with E-state index in [0.29, 0.717) is 18.9 Å². The summed E-state index contributed by atoms with van der Waals surface area (Å²) in [7, 11) is 0. The molecular weight excluding hydrogens is 362 g/mol. The van der Waals surface area contributed by atoms with Crippen molar-refractivity contribution in [2.75, 3.05) is 25.4 Å². The molecule has 0 aliphatic carbocycles. The lowest BCUT2D eigenvalue weighted by atomic mass is 9.89. The zero-order valence-electron chi connectivity index (χ0n) is 15.2. The van der Waals surface area contributed by atoms with Gasteiger partial charge in [-0.1, -0.05) is 30.3 Å². The van der Waals surface area contributed by atoms with Gasteiger partial charge in [0, 0.05) is 23.9 Å². The summed E-state index contributed by atoms with van der Waals surface area (Å²) < 4.78 is 5.42. The quantitative estimate of drug-likeness (QED) is 0.739. The van der Waals surface area contributed by atoms with Crippen LogP contribution in [0.3, 0.4) is 0 Å². The predicted octanol–water partition coefficient (Wildman–Crippen LogP) is 3.50. The van der Waals surface area contributed by atoms with E-state index >= 15 is 0 Å². The van der Waals surface area contributed by atoms with Crippen LogP contribution in [0.2, 0.25) is 0 Å². The summed E-state index contributed by atoms with van der Waals surface area (Å²) >= 11 is 1.45. The van der Waals surface area contributed by atoms with E-state index < -0.39 is 11.9 Å². The van der Waals surface area contributed by atoms with Crippen molar-refractivity contribution in [3.8, 4) is 5.75 Å². The molecule has 2 atom stereocenters. The first-order valence-corrected chi connectivity index (χ1v) is 9.98. The first-order valence-electron chi connectivity index (χ1n) is 8.99. The summed E-state index contributed by atoms with van der Waals surface area (Å²) in [5.74, 6) is -0.503. The van der Waals surface area contributed by atoms with E-state index in [2.05, 4.69) is 0 Å². The molecule has 0 aromatic heterocycles. The van der Waals surface area contributed by atoms with Crippen molar-refractivity contribution in [2.45, 2.75) is 17.7 Å². The Balaban J connectivity index is 1.60. The Morgan fingerprint density at radius 2 is 1.81 bits per heavy atom. The number of likely N-dealkylation sites (tertiary alicyclic amines) is 1. The van der Waals surface area contributed by atoms with Gasteiger partial charge in [-0.05, 0) is 36.8 Å². The molecule has 2 unspecified atom stereocenters. The molecule has 6 heteroatoms. The fraction of sp³-hybridized carbons (Fsp3) is 0.333. The number of hydrogen-bond acceptors (Lipinski definition) is 4. The Morgan fingerprint density at radius 3 is 2.44 bits per heavy atom. The molecule has 1 heterocycles. The van der Waals surface area contributed by atoms with Gasteiger partial charge in [-0.3, -0.25) is 9.59 Å². The second kappa shape index (κ2) is 8.95. The van der Waals surface area contributed by atoms with Gasteiger partial charge in [0.1, 0.15) is 5.75 Å². The van der Waals surface area contributed by atoms with Crippen molar-refractivity contribution < 1.29 is 19.4 Å². The smallest absolute Gasteiger partial charge is 0.308 e. The van der Waals surface area contributed by atoms with Crippen molar-refractivity contribution in [1.82, 2.24) is 4.90 Å². The van der Waals surface area contributed by atoms with Gasteiger partial charge >= 0.3 is 5.97 Å². The third-order valence-corrected chi connectivity index (χ3v) is 5.71. The Labute approximate surface area is 163 Å². The Bertz CT molecular complexity index is 779. The van der Waals surface area contributed by atoms with E-state index in [0.717, 1.165) is 16.2 Å². The topological polar surface area (TPSA) is 66.8 Å². The number of aliphatic carboxylic acids is 1. The number of thioether (sulfide) groups is 1. The van der Waals surface area contributed by atoms with Crippen molar-refractivity contribution in [3.05, 3.63) is 60.2 Å². The molecule has 1 N–H and O–H groups in total. The van der Waals surface area contributed by atoms with Crippen molar-refractivity contribution >= 4 is 23.6 Å². The molecule has 2 aromatic carbocycles. The van der Waals surface area contributed by atoms with E-state index in [1.165, 1.54) is 11.8 Å². The molecule has 1 aliphatic rings. The zero-order valence-corrected chi connectivity index (χ0v) is 16.0. The number of rotatable bonds is 7. The molecule has 5 nitrogen and oxygen atoms in total. The van der Waals surface area contributed by atoms with Crippen LogP contribution in [0.5, 0.6) is 5.75 Å². The number of ether oxygens (including phenoxy) is 1. The number of carbonyl (C=O) groups is 2. The van der Waals surface area contributed by atoms with Crippen LogP contribution in [-0.4, -0.2) is 47.3 Å². The van der Waals surface area contributed by atoms with E-state index in [1.807, 2.05) is 61.5 Å². The molecule has 1 aliphatic heterocycles. The van der Waals surface area contributed by atoms with Gasteiger partial charge in [0.2, 0.25) is 5.91 Å². The maximum absolute atomic E-state index is 12.6. The minimum Gasteiger partial charge on any atom is -0.494 e. The van der Waals surface area contributed by atoms with Crippen LogP contribution in [0.1, 0.15) is 18.4 Å². The first-order chi connectivity index (χ1) is 13.1. The largest absolute Gasteiger partial charge is 0.494 e. The van der Waals surface area contributed by atoms with Crippen LogP contribution in [0.4, 0.5) is 0 Å². The van der Waals surface area contributed by atoms with Crippen LogP contribution in [-0.2, 0) is 9.59 Å². The van der Waals surface area contributed by atoms with Gasteiger partial charge in [-0.2, -0.15) is 0 Å². The Kier molecular flexibility index (Phi) is 6.40. The number of amides is 1. The zero-order chi connectivity index (χ0) is 19.2. The first kappa shape index (κ1) is 19.3. The highest BCUT2D eigenvalue weighted by atomic mass is 32.2. The molecule has 1 amide bonds. The average molecular weight is 385 g/mol. The van der Waals surface area contributed by atoms with Gasteiger partial charge < -0.3 is 14.7 Å². The van der Waals surface area contributed by atoms with Crippen LogP contribution in [0, 0.1) is 5.92 Å². The summed E-state index contributed by atoms with van der Waals surface area (Å²) in [5, 5.41) is 9.57. The number of benzene rings is 2. The molecule has 1 saturated heterocycles. The van der Waals surface area contributed by atoms with Crippen LogP contribution < -0.4 is 4.74 Å². The molecule has 0 spiro atoms. The third-order valence-electron chi connectivity index (χ3n) is 4.71. The fourth-order valence-electron chi connectivity index (χ4n) is 3.33. The van der Waals surface area contributed by atoms with Gasteiger partial charge in [0.05, 0.1) is 18.3 Å². The maximum atomic E-state index is 12.6. The van der Waals surface area contributed by atoms with Gasteiger partial charge in [-0.15, -0.1) is 11.8 Å². The number of hydrogen-bond donors (Lipinski definition) is 1. The molecule has 0 saturated carbocycles. The Hall–Kier alpha value is -2.47. The van der Waals surface area contributed by atoms with Crippen LogP contribution in [0.25, 0.3) is 0 Å². The summed E-state index contributed by atoms with van der Waals surface area (Å²) in [6.07, 6.45) is 0. The van der Waals surface area contributed by atoms with Crippen molar-refractivity contribution in [3.63, 3.8) is 0 Å². The second-order valence-electron chi connectivity index (χ2n) is 6.45. The molecule has 0 radical (unpaired) electrons. The minimum atomic E-state index is -0.849.